The van der Waals surface area contributed by atoms with Gasteiger partial charge in [-0.2, -0.15) is 0 Å². The van der Waals surface area contributed by atoms with Gasteiger partial charge in [0, 0.05) is 13.6 Å². The maximum atomic E-state index is 13.4. The highest BCUT2D eigenvalue weighted by atomic mass is 19.1. The van der Waals surface area contributed by atoms with Crippen molar-refractivity contribution < 1.29 is 18.4 Å². The highest BCUT2D eigenvalue weighted by Crippen LogP contribution is 2.26. The Morgan fingerprint density at radius 2 is 1.68 bits per heavy atom. The maximum absolute atomic E-state index is 13.4. The number of nitrogens with two attached hydrogens (primary N) is 1. The van der Waals surface area contributed by atoms with Gasteiger partial charge in [0.15, 0.2) is 0 Å². The van der Waals surface area contributed by atoms with Crippen molar-refractivity contribution in [3.8, 4) is 11.1 Å². The molecule has 2 unspecified atom stereocenters. The summed E-state index contributed by atoms with van der Waals surface area (Å²) >= 11 is 0. The van der Waals surface area contributed by atoms with Gasteiger partial charge in [0.2, 0.25) is 11.8 Å². The van der Waals surface area contributed by atoms with Gasteiger partial charge in [0.1, 0.15) is 18.0 Å². The number of benzene rings is 2. The maximum Gasteiger partial charge on any atom is 0.240 e. The summed E-state index contributed by atoms with van der Waals surface area (Å²) in [6.07, 6.45) is -0.764. The fourth-order valence-electron chi connectivity index (χ4n) is 3.47. The molecule has 7 heteroatoms. The van der Waals surface area contributed by atoms with E-state index in [2.05, 4.69) is 5.32 Å². The summed E-state index contributed by atoms with van der Waals surface area (Å²) in [5, 5.41) is 2.55. The van der Waals surface area contributed by atoms with Crippen LogP contribution < -0.4 is 11.1 Å². The molecule has 1 fully saturated rings. The second kappa shape index (κ2) is 8.48. The molecular formula is C21H23F2N3O2. The average Bonchev–Trinajstić information content (AvgIpc) is 3.14. The van der Waals surface area contributed by atoms with E-state index in [1.54, 1.807) is 36.4 Å². The van der Waals surface area contributed by atoms with Crippen LogP contribution in [0, 0.1) is 5.82 Å². The number of nitrogens with one attached hydrogen (secondary N) is 1. The lowest BCUT2D eigenvalue weighted by atomic mass is 9.89. The van der Waals surface area contributed by atoms with Crippen molar-refractivity contribution in [3.63, 3.8) is 0 Å². The molecule has 0 radical (unpaired) electrons. The third kappa shape index (κ3) is 4.20. The van der Waals surface area contributed by atoms with Crippen LogP contribution in [0.4, 0.5) is 8.78 Å². The summed E-state index contributed by atoms with van der Waals surface area (Å²) in [6, 6.07) is 12.0. The van der Waals surface area contributed by atoms with Gasteiger partial charge in [0.25, 0.3) is 0 Å². The second-order valence-corrected chi connectivity index (χ2v) is 6.92. The van der Waals surface area contributed by atoms with Gasteiger partial charge < -0.3 is 16.0 Å². The third-order valence-electron chi connectivity index (χ3n) is 5.06. The van der Waals surface area contributed by atoms with Gasteiger partial charge in [0.05, 0.1) is 12.5 Å². The molecule has 0 aromatic heterocycles. The first-order valence-electron chi connectivity index (χ1n) is 9.16. The summed E-state index contributed by atoms with van der Waals surface area (Å²) in [5.74, 6) is -2.02. The zero-order valence-corrected chi connectivity index (χ0v) is 15.6. The first kappa shape index (κ1) is 19.9. The van der Waals surface area contributed by atoms with Gasteiger partial charge in [-0.25, -0.2) is 8.78 Å². The molecular weight excluding hydrogens is 364 g/mol. The molecule has 2 aromatic rings. The van der Waals surface area contributed by atoms with E-state index in [1.165, 1.54) is 24.1 Å². The number of rotatable bonds is 5. The lowest BCUT2D eigenvalue weighted by molar-refractivity contribution is -0.135. The number of nitrogens with zero attached hydrogens (tertiary/aromatic N) is 1. The SMILES string of the molecule is CNC(=O)C(c1ccc(-c2ccc(F)cc2)cc1)C(N)C(=O)N1CC[C@H](F)C1. The Kier molecular flexibility index (Phi) is 6.04. The lowest BCUT2D eigenvalue weighted by Crippen LogP contribution is -2.50. The van der Waals surface area contributed by atoms with Crippen molar-refractivity contribution in [1.82, 2.24) is 10.2 Å². The zero-order chi connectivity index (χ0) is 20.3. The Hall–Kier alpha value is -2.80. The molecule has 148 valence electrons. The van der Waals surface area contributed by atoms with E-state index in [0.29, 0.717) is 12.1 Å². The molecule has 0 bridgehead atoms. The highest BCUT2D eigenvalue weighted by molar-refractivity contribution is 5.93. The zero-order valence-electron chi connectivity index (χ0n) is 15.6. The van der Waals surface area contributed by atoms with E-state index in [-0.39, 0.29) is 24.7 Å². The number of likely N-dealkylation sites (N-methyl/N-ethyl adjacent to an activating group) is 1. The van der Waals surface area contributed by atoms with E-state index in [9.17, 15) is 18.4 Å². The molecule has 3 N–H and O–H groups in total. The van der Waals surface area contributed by atoms with Crippen molar-refractivity contribution in [2.24, 2.45) is 5.73 Å². The number of carbonyl (C=O) groups is 2. The van der Waals surface area contributed by atoms with Crippen LogP contribution in [0.1, 0.15) is 17.9 Å². The molecule has 1 heterocycles. The number of hydrogen-bond donors (Lipinski definition) is 2. The van der Waals surface area contributed by atoms with E-state index in [0.717, 1.165) is 11.1 Å². The quantitative estimate of drug-likeness (QED) is 0.826. The fraction of sp³-hybridized carbons (Fsp3) is 0.333. The molecule has 1 saturated heterocycles. The fourth-order valence-corrected chi connectivity index (χ4v) is 3.47. The molecule has 0 saturated carbocycles. The molecule has 5 nitrogen and oxygen atoms in total. The largest absolute Gasteiger partial charge is 0.359 e. The normalized spacial score (nSPS) is 18.6. The summed E-state index contributed by atoms with van der Waals surface area (Å²) in [4.78, 5) is 26.5. The van der Waals surface area contributed by atoms with Gasteiger partial charge in [-0.05, 0) is 35.2 Å². The summed E-state index contributed by atoms with van der Waals surface area (Å²) < 4.78 is 26.5. The molecule has 0 spiro atoms. The first-order chi connectivity index (χ1) is 13.4. The summed E-state index contributed by atoms with van der Waals surface area (Å²) in [6.45, 7) is 0.314. The molecule has 28 heavy (non-hydrogen) atoms. The van der Waals surface area contributed by atoms with Crippen LogP contribution in [0.25, 0.3) is 11.1 Å². The first-order valence-corrected chi connectivity index (χ1v) is 9.16. The van der Waals surface area contributed by atoms with Crippen LogP contribution in [-0.4, -0.2) is 49.1 Å². The number of likely N-dealkylation sites (tertiary alicyclic amines) is 1. The molecule has 0 aliphatic carbocycles. The van der Waals surface area contributed by atoms with Crippen LogP contribution in [0.2, 0.25) is 0 Å². The number of amides is 2. The van der Waals surface area contributed by atoms with Crippen molar-refractivity contribution in [1.29, 1.82) is 0 Å². The van der Waals surface area contributed by atoms with Crippen LogP contribution in [0.5, 0.6) is 0 Å². The minimum atomic E-state index is -1.11. The second-order valence-electron chi connectivity index (χ2n) is 6.92. The Bertz CT molecular complexity index is 840. The summed E-state index contributed by atoms with van der Waals surface area (Å²) in [7, 11) is 1.48. The average molecular weight is 387 g/mol. The molecule has 2 amide bonds. The van der Waals surface area contributed by atoms with Crippen LogP contribution >= 0.6 is 0 Å². The number of hydrogen-bond acceptors (Lipinski definition) is 3. The van der Waals surface area contributed by atoms with Gasteiger partial charge >= 0.3 is 0 Å². The van der Waals surface area contributed by atoms with Crippen LogP contribution in [0.15, 0.2) is 48.5 Å². The Morgan fingerprint density at radius 3 is 2.18 bits per heavy atom. The van der Waals surface area contributed by atoms with Crippen molar-refractivity contribution in [2.75, 3.05) is 20.1 Å². The summed E-state index contributed by atoms with van der Waals surface area (Å²) in [5.41, 5.74) is 8.41. The number of carbonyl (C=O) groups excluding carboxylic acids is 2. The van der Waals surface area contributed by atoms with Crippen molar-refractivity contribution in [2.45, 2.75) is 24.6 Å². The Morgan fingerprint density at radius 1 is 1.11 bits per heavy atom. The van der Waals surface area contributed by atoms with Gasteiger partial charge in [-0.1, -0.05) is 36.4 Å². The molecule has 3 rings (SSSR count). The van der Waals surface area contributed by atoms with Gasteiger partial charge in [-0.15, -0.1) is 0 Å². The predicted molar refractivity (Wildman–Crippen MR) is 103 cm³/mol. The minimum Gasteiger partial charge on any atom is -0.359 e. The minimum absolute atomic E-state index is 0.0104. The molecule has 2 aromatic carbocycles. The molecule has 1 aliphatic heterocycles. The van der Waals surface area contributed by atoms with Crippen molar-refractivity contribution >= 4 is 11.8 Å². The predicted octanol–water partition coefficient (Wildman–Crippen LogP) is 2.22. The highest BCUT2D eigenvalue weighted by Gasteiger charge is 2.36. The van der Waals surface area contributed by atoms with Crippen molar-refractivity contribution in [3.05, 3.63) is 59.9 Å². The monoisotopic (exact) mass is 387 g/mol. The Balaban J connectivity index is 1.84. The van der Waals surface area contributed by atoms with E-state index < -0.39 is 24.0 Å². The molecule has 1 aliphatic rings. The van der Waals surface area contributed by atoms with E-state index >= 15 is 0 Å². The van der Waals surface area contributed by atoms with Crippen LogP contribution in [-0.2, 0) is 9.59 Å². The number of halogens is 2. The third-order valence-corrected chi connectivity index (χ3v) is 5.06. The Labute approximate surface area is 162 Å². The smallest absolute Gasteiger partial charge is 0.240 e. The lowest BCUT2D eigenvalue weighted by Gasteiger charge is -2.26. The van der Waals surface area contributed by atoms with E-state index in [4.69, 9.17) is 5.73 Å². The molecule has 3 atom stereocenters. The van der Waals surface area contributed by atoms with Crippen LogP contribution in [0.3, 0.4) is 0 Å². The van der Waals surface area contributed by atoms with Gasteiger partial charge in [-0.3, -0.25) is 9.59 Å². The van der Waals surface area contributed by atoms with E-state index in [1.807, 2.05) is 0 Å². The standard InChI is InChI=1S/C21H23F2N3O2/c1-25-20(27)18(19(24)21(28)26-11-10-17(23)12-26)15-4-2-13(3-5-15)14-6-8-16(22)9-7-14/h2-9,17-19H,10-12,24H2,1H3,(H,25,27)/t17-,18?,19?/m0/s1. The topological polar surface area (TPSA) is 75.4 Å². The number of alkyl halides is 1.